The third-order valence-corrected chi connectivity index (χ3v) is 2.16. The number of hydrogen-bond donors (Lipinski definition) is 2. The van der Waals surface area contributed by atoms with Crippen LogP contribution in [0.25, 0.3) is 0 Å². The molecule has 7 heteroatoms. The van der Waals surface area contributed by atoms with Crippen LogP contribution < -0.4 is 11.1 Å². The number of carbonyl (C=O) groups excluding carboxylic acids is 1. The summed E-state index contributed by atoms with van der Waals surface area (Å²) in [6, 6.07) is -0.481. The smallest absolute Gasteiger partial charge is 0.324 e. The molecule has 0 saturated carbocycles. The molecule has 0 radical (unpaired) electrons. The highest BCUT2D eigenvalue weighted by molar-refractivity contribution is 5.76. The Morgan fingerprint density at radius 3 is 2.17 bits per heavy atom. The van der Waals surface area contributed by atoms with Crippen LogP contribution in [0.4, 0.5) is 17.6 Å². The largest absolute Gasteiger partial charge is 0.350 e. The van der Waals surface area contributed by atoms with Crippen LogP contribution in [0.2, 0.25) is 0 Å². The van der Waals surface area contributed by atoms with Crippen LogP contribution in [0.3, 0.4) is 0 Å². The van der Waals surface area contributed by atoms with Gasteiger partial charge in [0.15, 0.2) is 0 Å². The van der Waals surface area contributed by atoms with E-state index < -0.39 is 30.8 Å². The second kappa shape index (κ2) is 6.36. The highest BCUT2D eigenvalue weighted by Gasteiger charge is 2.40. The van der Waals surface area contributed by atoms with E-state index in [0.717, 1.165) is 0 Å². The molecule has 0 fully saturated rings. The fourth-order valence-corrected chi connectivity index (χ4v) is 1.46. The van der Waals surface area contributed by atoms with E-state index >= 15 is 0 Å². The molecule has 0 heterocycles. The van der Waals surface area contributed by atoms with E-state index in [0.29, 0.717) is 6.42 Å². The zero-order valence-corrected chi connectivity index (χ0v) is 10.8. The van der Waals surface area contributed by atoms with Crippen LogP contribution in [0.5, 0.6) is 0 Å². The minimum atomic E-state index is -4.20. The maximum Gasteiger partial charge on any atom is 0.324 e. The summed E-state index contributed by atoms with van der Waals surface area (Å²) in [5, 5.41) is 1.77. The molecular formula is C11H20F4N2O. The summed E-state index contributed by atoms with van der Waals surface area (Å²) in [6.07, 6.45) is -3.41. The van der Waals surface area contributed by atoms with Gasteiger partial charge in [-0.1, -0.05) is 20.8 Å². The van der Waals surface area contributed by atoms with E-state index in [1.165, 1.54) is 0 Å². The zero-order valence-electron chi connectivity index (χ0n) is 10.8. The quantitative estimate of drug-likeness (QED) is 0.728. The normalized spacial score (nSPS) is 14.7. The molecule has 1 amide bonds. The van der Waals surface area contributed by atoms with Gasteiger partial charge in [0.05, 0.1) is 6.54 Å². The minimum Gasteiger partial charge on any atom is -0.350 e. The second-order valence-electron chi connectivity index (χ2n) is 5.57. The minimum absolute atomic E-state index is 0.0907. The SMILES string of the molecule is CC(C)(C)CC(N)CC(=O)NCC(F)(F)C(F)F. The Balaban J connectivity index is 4.06. The van der Waals surface area contributed by atoms with Crippen LogP contribution >= 0.6 is 0 Å². The molecule has 18 heavy (non-hydrogen) atoms. The summed E-state index contributed by atoms with van der Waals surface area (Å²) in [5.41, 5.74) is 5.57. The predicted octanol–water partition coefficient (Wildman–Crippen LogP) is 2.16. The van der Waals surface area contributed by atoms with E-state index in [1.54, 1.807) is 5.32 Å². The summed E-state index contributed by atoms with van der Waals surface area (Å²) >= 11 is 0. The van der Waals surface area contributed by atoms with E-state index in [1.807, 2.05) is 20.8 Å². The number of halogens is 4. The van der Waals surface area contributed by atoms with Gasteiger partial charge in [0.2, 0.25) is 5.91 Å². The molecule has 0 saturated heterocycles. The second-order valence-corrected chi connectivity index (χ2v) is 5.57. The van der Waals surface area contributed by atoms with Gasteiger partial charge in [-0.2, -0.15) is 8.78 Å². The van der Waals surface area contributed by atoms with Crippen molar-refractivity contribution in [2.24, 2.45) is 11.1 Å². The lowest BCUT2D eigenvalue weighted by atomic mass is 9.87. The van der Waals surface area contributed by atoms with Crippen LogP contribution in [0.15, 0.2) is 0 Å². The van der Waals surface area contributed by atoms with Crippen LogP contribution in [0, 0.1) is 5.41 Å². The number of nitrogens with one attached hydrogen (secondary N) is 1. The molecule has 0 bridgehead atoms. The monoisotopic (exact) mass is 272 g/mol. The fraction of sp³-hybridized carbons (Fsp3) is 0.909. The van der Waals surface area contributed by atoms with E-state index in [2.05, 4.69) is 0 Å². The van der Waals surface area contributed by atoms with Crippen molar-refractivity contribution in [3.05, 3.63) is 0 Å². The Kier molecular flexibility index (Phi) is 6.06. The van der Waals surface area contributed by atoms with Gasteiger partial charge in [-0.25, -0.2) is 8.78 Å². The molecule has 0 aromatic rings. The molecule has 3 N–H and O–H groups in total. The van der Waals surface area contributed by atoms with Crippen molar-refractivity contribution in [1.82, 2.24) is 5.32 Å². The summed E-state index contributed by atoms with van der Waals surface area (Å²) in [4.78, 5) is 11.2. The van der Waals surface area contributed by atoms with E-state index in [9.17, 15) is 22.4 Å². The standard InChI is InChI=1S/C11H20F4N2O/c1-10(2,3)5-7(16)4-8(18)17-6-11(14,15)9(12)13/h7,9H,4-6,16H2,1-3H3,(H,17,18). The van der Waals surface area contributed by atoms with Crippen molar-refractivity contribution >= 4 is 5.91 Å². The number of carbonyl (C=O) groups is 1. The van der Waals surface area contributed by atoms with Crippen molar-refractivity contribution < 1.29 is 22.4 Å². The van der Waals surface area contributed by atoms with Crippen molar-refractivity contribution in [3.63, 3.8) is 0 Å². The van der Waals surface area contributed by atoms with Gasteiger partial charge in [0, 0.05) is 12.5 Å². The fourth-order valence-electron chi connectivity index (χ4n) is 1.46. The number of rotatable bonds is 6. The van der Waals surface area contributed by atoms with Crippen LogP contribution in [-0.4, -0.2) is 30.8 Å². The van der Waals surface area contributed by atoms with Crippen LogP contribution in [-0.2, 0) is 4.79 Å². The maximum absolute atomic E-state index is 12.5. The van der Waals surface area contributed by atoms with Gasteiger partial charge in [0.1, 0.15) is 0 Å². The topological polar surface area (TPSA) is 55.1 Å². The maximum atomic E-state index is 12.5. The molecular weight excluding hydrogens is 252 g/mol. The summed E-state index contributed by atoms with van der Waals surface area (Å²) in [5.74, 6) is -4.95. The zero-order chi connectivity index (χ0) is 14.6. The molecule has 1 unspecified atom stereocenters. The molecule has 0 aliphatic heterocycles. The summed E-state index contributed by atoms with van der Waals surface area (Å²) in [6.45, 7) is 4.41. The molecule has 0 rings (SSSR count). The number of amides is 1. The molecule has 108 valence electrons. The molecule has 0 aromatic heterocycles. The summed E-state index contributed by atoms with van der Waals surface area (Å²) < 4.78 is 48.7. The van der Waals surface area contributed by atoms with Gasteiger partial charge < -0.3 is 11.1 Å². The molecule has 0 spiro atoms. The van der Waals surface area contributed by atoms with E-state index in [-0.39, 0.29) is 11.8 Å². The molecule has 1 atom stereocenters. The Labute approximate surface area is 104 Å². The third-order valence-electron chi connectivity index (χ3n) is 2.16. The Morgan fingerprint density at radius 1 is 1.28 bits per heavy atom. The van der Waals surface area contributed by atoms with Gasteiger partial charge >= 0.3 is 12.3 Å². The lowest BCUT2D eigenvalue weighted by Crippen LogP contribution is -2.43. The first-order valence-corrected chi connectivity index (χ1v) is 5.62. The van der Waals surface area contributed by atoms with Crippen molar-refractivity contribution in [1.29, 1.82) is 0 Å². The number of nitrogens with two attached hydrogens (primary N) is 1. The first-order chi connectivity index (χ1) is 7.94. The Morgan fingerprint density at radius 2 is 1.78 bits per heavy atom. The summed E-state index contributed by atoms with van der Waals surface area (Å²) in [7, 11) is 0. The Hall–Kier alpha value is -0.850. The average molecular weight is 272 g/mol. The number of alkyl halides is 4. The number of hydrogen-bond acceptors (Lipinski definition) is 2. The Bertz CT molecular complexity index is 277. The predicted molar refractivity (Wildman–Crippen MR) is 60.6 cm³/mol. The van der Waals surface area contributed by atoms with Crippen molar-refractivity contribution in [2.75, 3.05) is 6.54 Å². The molecule has 3 nitrogen and oxygen atoms in total. The van der Waals surface area contributed by atoms with Gasteiger partial charge in [-0.05, 0) is 11.8 Å². The van der Waals surface area contributed by atoms with Gasteiger partial charge in [0.25, 0.3) is 0 Å². The van der Waals surface area contributed by atoms with Crippen molar-refractivity contribution in [3.8, 4) is 0 Å². The lowest BCUT2D eigenvalue weighted by Gasteiger charge is -2.23. The van der Waals surface area contributed by atoms with Gasteiger partial charge in [-0.15, -0.1) is 0 Å². The first-order valence-electron chi connectivity index (χ1n) is 5.62. The van der Waals surface area contributed by atoms with Gasteiger partial charge in [-0.3, -0.25) is 4.79 Å². The first kappa shape index (κ1) is 17.2. The van der Waals surface area contributed by atoms with Crippen LogP contribution in [0.1, 0.15) is 33.6 Å². The van der Waals surface area contributed by atoms with Crippen molar-refractivity contribution in [2.45, 2.75) is 52.0 Å². The highest BCUT2D eigenvalue weighted by atomic mass is 19.3. The highest BCUT2D eigenvalue weighted by Crippen LogP contribution is 2.22. The lowest BCUT2D eigenvalue weighted by molar-refractivity contribution is -0.136. The molecule has 0 aromatic carbocycles. The molecule has 0 aliphatic carbocycles. The van der Waals surface area contributed by atoms with E-state index in [4.69, 9.17) is 5.73 Å². The average Bonchev–Trinajstić information content (AvgIpc) is 2.11. The molecule has 0 aliphatic rings. The third kappa shape index (κ3) is 7.47.